The molecule has 1 aliphatic rings. The Morgan fingerprint density at radius 3 is 2.55 bits per heavy atom. The van der Waals surface area contributed by atoms with Crippen LogP contribution in [0.4, 0.5) is 11.4 Å². The number of pyridine rings is 1. The van der Waals surface area contributed by atoms with Gasteiger partial charge in [-0.3, -0.25) is 19.4 Å². The Morgan fingerprint density at radius 2 is 1.83 bits per heavy atom. The molecule has 1 aromatic heterocycles. The molecule has 10 heteroatoms. The van der Waals surface area contributed by atoms with Gasteiger partial charge in [0.05, 0.1) is 44.0 Å². The molecule has 2 heterocycles. The standard InChI is InChI=1S/C32H32BrN5O4/c1-20(34-2)31(40)36-26-19-37(30(39)17-23-8-6-7-15-35-23)27-9-4-5-10-28(27)38(32(26)41)18-25-24-13-12-22(33)16-21(24)11-14-29(25)42-3/h4-16,20,26,34H,17-19H2,1-3H3,(H,36,40). The number of methoxy groups -OCH3 is 1. The van der Waals surface area contributed by atoms with Gasteiger partial charge < -0.3 is 25.2 Å². The third kappa shape index (κ3) is 6.00. The lowest BCUT2D eigenvalue weighted by molar-refractivity contribution is -0.128. The number of carbonyl (C=O) groups is 3. The van der Waals surface area contributed by atoms with E-state index in [0.29, 0.717) is 22.8 Å². The minimum absolute atomic E-state index is 0.0280. The maximum atomic E-state index is 14.4. The number of aromatic nitrogens is 1. The maximum absolute atomic E-state index is 14.4. The van der Waals surface area contributed by atoms with Crippen LogP contribution in [0.2, 0.25) is 0 Å². The molecule has 0 fully saturated rings. The SMILES string of the molecule is CNC(C)C(=O)NC1CN(C(=O)Cc2ccccn2)c2ccccc2N(Cc2c(OC)ccc3cc(Br)ccc23)C1=O. The van der Waals surface area contributed by atoms with Gasteiger partial charge in [-0.2, -0.15) is 0 Å². The molecule has 4 aromatic rings. The third-order valence-electron chi connectivity index (χ3n) is 7.48. The lowest BCUT2D eigenvalue weighted by Gasteiger charge is -2.27. The number of halogens is 1. The van der Waals surface area contributed by atoms with Gasteiger partial charge in [-0.15, -0.1) is 0 Å². The van der Waals surface area contributed by atoms with Crippen LogP contribution in [0.5, 0.6) is 5.75 Å². The van der Waals surface area contributed by atoms with Crippen molar-refractivity contribution in [3.8, 4) is 5.75 Å². The summed E-state index contributed by atoms with van der Waals surface area (Å²) in [5.74, 6) is -0.272. The summed E-state index contributed by atoms with van der Waals surface area (Å²) in [6, 6.07) is 21.0. The van der Waals surface area contributed by atoms with Crippen LogP contribution in [-0.2, 0) is 27.3 Å². The predicted octanol–water partition coefficient (Wildman–Crippen LogP) is 4.22. The highest BCUT2D eigenvalue weighted by atomic mass is 79.9. The maximum Gasteiger partial charge on any atom is 0.251 e. The van der Waals surface area contributed by atoms with Crippen molar-refractivity contribution >= 4 is 55.8 Å². The van der Waals surface area contributed by atoms with Gasteiger partial charge in [0, 0.05) is 21.9 Å². The van der Waals surface area contributed by atoms with Crippen LogP contribution in [0.25, 0.3) is 10.8 Å². The van der Waals surface area contributed by atoms with Crippen molar-refractivity contribution in [1.82, 2.24) is 15.6 Å². The van der Waals surface area contributed by atoms with Crippen LogP contribution < -0.4 is 25.2 Å². The molecule has 3 amide bonds. The van der Waals surface area contributed by atoms with Gasteiger partial charge in [0.15, 0.2) is 0 Å². The number of amides is 3. The van der Waals surface area contributed by atoms with Crippen LogP contribution in [0, 0.1) is 0 Å². The molecule has 0 aliphatic carbocycles. The quantitative estimate of drug-likeness (QED) is 0.302. The van der Waals surface area contributed by atoms with E-state index in [1.807, 2.05) is 60.7 Å². The normalized spacial score (nSPS) is 15.6. The van der Waals surface area contributed by atoms with Crippen molar-refractivity contribution in [2.75, 3.05) is 30.5 Å². The van der Waals surface area contributed by atoms with Crippen molar-refractivity contribution in [3.63, 3.8) is 0 Å². The number of ether oxygens (including phenoxy) is 1. The fourth-order valence-electron chi connectivity index (χ4n) is 5.13. The largest absolute Gasteiger partial charge is 0.496 e. The Bertz CT molecular complexity index is 1630. The van der Waals surface area contributed by atoms with E-state index in [4.69, 9.17) is 4.74 Å². The second kappa shape index (κ2) is 12.7. The molecule has 1 aliphatic heterocycles. The van der Waals surface area contributed by atoms with Gasteiger partial charge in [-0.05, 0) is 67.2 Å². The molecule has 216 valence electrons. The monoisotopic (exact) mass is 629 g/mol. The lowest BCUT2D eigenvalue weighted by Crippen LogP contribution is -2.55. The number of nitrogens with zero attached hydrogens (tertiary/aromatic N) is 3. The first-order chi connectivity index (χ1) is 20.3. The van der Waals surface area contributed by atoms with Crippen molar-refractivity contribution in [2.45, 2.75) is 32.0 Å². The van der Waals surface area contributed by atoms with E-state index < -0.39 is 12.1 Å². The topological polar surface area (TPSA) is 104 Å². The number of fused-ring (bicyclic) bond motifs is 2. The number of nitrogens with one attached hydrogen (secondary N) is 2. The van der Waals surface area contributed by atoms with Crippen LogP contribution in [-0.4, -0.2) is 55.5 Å². The number of rotatable bonds is 8. The summed E-state index contributed by atoms with van der Waals surface area (Å²) < 4.78 is 6.68. The van der Waals surface area contributed by atoms with Gasteiger partial charge >= 0.3 is 0 Å². The highest BCUT2D eigenvalue weighted by Crippen LogP contribution is 2.37. The van der Waals surface area contributed by atoms with Crippen LogP contribution in [0.1, 0.15) is 18.2 Å². The number of para-hydroxylation sites is 2. The summed E-state index contributed by atoms with van der Waals surface area (Å²) in [4.78, 5) is 48.7. The van der Waals surface area contributed by atoms with Crippen LogP contribution in [0.15, 0.2) is 83.5 Å². The number of anilines is 2. The summed E-state index contributed by atoms with van der Waals surface area (Å²) in [5.41, 5.74) is 2.56. The van der Waals surface area contributed by atoms with E-state index in [1.165, 1.54) is 0 Å². The third-order valence-corrected chi connectivity index (χ3v) is 7.97. The predicted molar refractivity (Wildman–Crippen MR) is 167 cm³/mol. The molecule has 0 saturated carbocycles. The Labute approximate surface area is 253 Å². The van der Waals surface area contributed by atoms with Crippen LogP contribution in [0.3, 0.4) is 0 Å². The molecule has 2 atom stereocenters. The summed E-state index contributed by atoms with van der Waals surface area (Å²) in [6.07, 6.45) is 1.69. The van der Waals surface area contributed by atoms with Crippen LogP contribution >= 0.6 is 15.9 Å². The first-order valence-electron chi connectivity index (χ1n) is 13.6. The molecule has 0 spiro atoms. The molecule has 0 radical (unpaired) electrons. The second-order valence-electron chi connectivity index (χ2n) is 10.1. The van der Waals surface area contributed by atoms with Crippen molar-refractivity contribution in [2.24, 2.45) is 0 Å². The molecule has 2 unspecified atom stereocenters. The number of hydrogen-bond donors (Lipinski definition) is 2. The summed E-state index contributed by atoms with van der Waals surface area (Å²) in [6.45, 7) is 1.85. The van der Waals surface area contributed by atoms with Crippen molar-refractivity contribution < 1.29 is 19.1 Å². The van der Waals surface area contributed by atoms with E-state index in [1.54, 1.807) is 49.2 Å². The molecule has 2 N–H and O–H groups in total. The Kier molecular flexibility index (Phi) is 8.84. The zero-order valence-corrected chi connectivity index (χ0v) is 25.2. The highest BCUT2D eigenvalue weighted by molar-refractivity contribution is 9.10. The van der Waals surface area contributed by atoms with Gasteiger partial charge in [0.2, 0.25) is 11.8 Å². The van der Waals surface area contributed by atoms with Gasteiger partial charge in [-0.25, -0.2) is 0 Å². The minimum Gasteiger partial charge on any atom is -0.496 e. The first-order valence-corrected chi connectivity index (χ1v) is 14.4. The summed E-state index contributed by atoms with van der Waals surface area (Å²) in [7, 11) is 3.27. The van der Waals surface area contributed by atoms with E-state index in [9.17, 15) is 14.4 Å². The van der Waals surface area contributed by atoms with Gasteiger partial charge in [-0.1, -0.05) is 46.3 Å². The minimum atomic E-state index is -0.997. The summed E-state index contributed by atoms with van der Waals surface area (Å²) >= 11 is 3.54. The lowest BCUT2D eigenvalue weighted by atomic mass is 10.0. The van der Waals surface area contributed by atoms with Gasteiger partial charge in [0.25, 0.3) is 5.91 Å². The Hall–Kier alpha value is -4.28. The second-order valence-corrected chi connectivity index (χ2v) is 11.0. The smallest absolute Gasteiger partial charge is 0.251 e. The average molecular weight is 631 g/mol. The van der Waals surface area contributed by atoms with Gasteiger partial charge in [0.1, 0.15) is 11.8 Å². The number of benzene rings is 3. The molecule has 5 rings (SSSR count). The molecular formula is C32H32BrN5O4. The molecule has 3 aromatic carbocycles. The van der Waals surface area contributed by atoms with Crippen molar-refractivity contribution in [1.29, 1.82) is 0 Å². The first kappa shape index (κ1) is 29.2. The fraction of sp³-hybridized carbons (Fsp3) is 0.250. The van der Waals surface area contributed by atoms with Crippen molar-refractivity contribution in [3.05, 3.63) is 94.7 Å². The zero-order chi connectivity index (χ0) is 29.8. The van der Waals surface area contributed by atoms with E-state index >= 15 is 0 Å². The Balaban J connectivity index is 1.62. The zero-order valence-electron chi connectivity index (χ0n) is 23.6. The van der Waals surface area contributed by atoms with E-state index in [0.717, 1.165) is 20.8 Å². The molecule has 0 saturated heterocycles. The highest BCUT2D eigenvalue weighted by Gasteiger charge is 2.37. The fourth-order valence-corrected chi connectivity index (χ4v) is 5.51. The molecule has 0 bridgehead atoms. The molecular weight excluding hydrogens is 598 g/mol. The molecule has 42 heavy (non-hydrogen) atoms. The Morgan fingerprint density at radius 1 is 1.07 bits per heavy atom. The average Bonchev–Trinajstić information content (AvgIpc) is 3.11. The number of carbonyl (C=O) groups excluding carboxylic acids is 3. The number of likely N-dealkylation sites (N-methyl/N-ethyl adjacent to an activating group) is 1. The van der Waals surface area contributed by atoms with E-state index in [2.05, 4.69) is 31.5 Å². The molecule has 9 nitrogen and oxygen atoms in total. The van der Waals surface area contributed by atoms with E-state index in [-0.39, 0.29) is 37.2 Å². The number of hydrogen-bond acceptors (Lipinski definition) is 6. The summed E-state index contributed by atoms with van der Waals surface area (Å²) in [5, 5.41) is 7.72.